The van der Waals surface area contributed by atoms with Crippen molar-refractivity contribution in [1.82, 2.24) is 9.88 Å². The highest BCUT2D eigenvalue weighted by Gasteiger charge is 2.18. The van der Waals surface area contributed by atoms with Gasteiger partial charge >= 0.3 is 0 Å². The minimum absolute atomic E-state index is 0.101. The van der Waals surface area contributed by atoms with Gasteiger partial charge in [-0.3, -0.25) is 9.59 Å². The summed E-state index contributed by atoms with van der Waals surface area (Å²) in [7, 11) is 1.54. The number of rotatable bonds is 7. The van der Waals surface area contributed by atoms with Crippen LogP contribution in [0, 0.1) is 6.92 Å². The van der Waals surface area contributed by atoms with Crippen molar-refractivity contribution in [3.05, 3.63) is 53.3 Å². The minimum atomic E-state index is -0.356. The van der Waals surface area contributed by atoms with E-state index in [0.717, 1.165) is 21.9 Å². The van der Waals surface area contributed by atoms with Crippen LogP contribution in [0.25, 0.3) is 11.3 Å². The Morgan fingerprint density at radius 1 is 1.25 bits per heavy atom. The first-order valence-corrected chi connectivity index (χ1v) is 9.59. The molecule has 1 aromatic carbocycles. The number of hydrogen-bond acceptors (Lipinski definition) is 6. The Balaban J connectivity index is 1.64. The summed E-state index contributed by atoms with van der Waals surface area (Å²) in [5, 5.41) is 3.25. The lowest BCUT2D eigenvalue weighted by Crippen LogP contribution is -2.34. The zero-order valence-corrected chi connectivity index (χ0v) is 16.7. The van der Waals surface area contributed by atoms with Crippen LogP contribution in [0.4, 0.5) is 5.13 Å². The smallest absolute Gasteiger partial charge is 0.289 e. The van der Waals surface area contributed by atoms with Crippen molar-refractivity contribution in [2.75, 3.05) is 25.5 Å². The van der Waals surface area contributed by atoms with E-state index in [0.29, 0.717) is 11.7 Å². The molecule has 0 saturated heterocycles. The zero-order valence-electron chi connectivity index (χ0n) is 15.9. The summed E-state index contributed by atoms with van der Waals surface area (Å²) in [4.78, 5) is 31.2. The van der Waals surface area contributed by atoms with Gasteiger partial charge in [-0.1, -0.05) is 0 Å². The summed E-state index contributed by atoms with van der Waals surface area (Å²) in [6.45, 7) is 4.40. The lowest BCUT2D eigenvalue weighted by molar-refractivity contribution is -0.116. The van der Waals surface area contributed by atoms with Crippen LogP contribution in [0.1, 0.15) is 22.4 Å². The molecule has 0 radical (unpaired) electrons. The fourth-order valence-corrected chi connectivity index (χ4v) is 3.48. The van der Waals surface area contributed by atoms with E-state index in [1.807, 2.05) is 38.1 Å². The molecule has 0 fully saturated rings. The molecule has 3 rings (SSSR count). The maximum atomic E-state index is 12.3. The first-order chi connectivity index (χ1) is 13.5. The average Bonchev–Trinajstić information content (AvgIpc) is 3.32. The predicted molar refractivity (Wildman–Crippen MR) is 108 cm³/mol. The topological polar surface area (TPSA) is 84.7 Å². The van der Waals surface area contributed by atoms with E-state index >= 15 is 0 Å². The van der Waals surface area contributed by atoms with Crippen molar-refractivity contribution in [2.24, 2.45) is 0 Å². The SMILES string of the molecule is CCOc1ccc(-c2nc(NC(=O)CN(C)C(=O)c3ccco3)sc2C)cc1. The van der Waals surface area contributed by atoms with Gasteiger partial charge in [0, 0.05) is 17.5 Å². The molecule has 1 N–H and O–H groups in total. The number of likely N-dealkylation sites (N-methyl/N-ethyl adjacent to an activating group) is 1. The van der Waals surface area contributed by atoms with Crippen LogP contribution in [0.5, 0.6) is 5.75 Å². The largest absolute Gasteiger partial charge is 0.494 e. The van der Waals surface area contributed by atoms with Crippen LogP contribution in [0.2, 0.25) is 0 Å². The Morgan fingerprint density at radius 2 is 2.00 bits per heavy atom. The summed E-state index contributed by atoms with van der Waals surface area (Å²) in [6, 6.07) is 10.9. The minimum Gasteiger partial charge on any atom is -0.494 e. The molecule has 0 aliphatic rings. The normalized spacial score (nSPS) is 10.5. The second kappa shape index (κ2) is 8.71. The van der Waals surface area contributed by atoms with Crippen LogP contribution in [0.3, 0.4) is 0 Å². The van der Waals surface area contributed by atoms with Crippen molar-refractivity contribution < 1.29 is 18.7 Å². The Bertz CT molecular complexity index is 949. The first kappa shape index (κ1) is 19.6. The van der Waals surface area contributed by atoms with E-state index < -0.39 is 0 Å². The molecule has 2 amide bonds. The third-order valence-corrected chi connectivity index (χ3v) is 4.83. The Morgan fingerprint density at radius 3 is 2.64 bits per heavy atom. The zero-order chi connectivity index (χ0) is 20.1. The van der Waals surface area contributed by atoms with Crippen molar-refractivity contribution in [3.8, 4) is 17.0 Å². The molecule has 0 atom stereocenters. The molecule has 0 bridgehead atoms. The number of benzene rings is 1. The van der Waals surface area contributed by atoms with E-state index in [9.17, 15) is 9.59 Å². The Kier molecular flexibility index (Phi) is 6.10. The number of aromatic nitrogens is 1. The molecule has 28 heavy (non-hydrogen) atoms. The quantitative estimate of drug-likeness (QED) is 0.653. The van der Waals surface area contributed by atoms with Gasteiger partial charge < -0.3 is 19.4 Å². The van der Waals surface area contributed by atoms with Crippen molar-refractivity contribution >= 4 is 28.3 Å². The van der Waals surface area contributed by atoms with E-state index in [1.54, 1.807) is 19.2 Å². The number of aryl methyl sites for hydroxylation is 1. The highest BCUT2D eigenvalue weighted by Crippen LogP contribution is 2.31. The lowest BCUT2D eigenvalue weighted by Gasteiger charge is -2.14. The van der Waals surface area contributed by atoms with Crippen LogP contribution >= 0.6 is 11.3 Å². The maximum absolute atomic E-state index is 12.3. The number of ether oxygens (including phenoxy) is 1. The fourth-order valence-electron chi connectivity index (χ4n) is 2.63. The fraction of sp³-hybridized carbons (Fsp3) is 0.250. The Hall–Kier alpha value is -3.13. The maximum Gasteiger partial charge on any atom is 0.289 e. The molecule has 0 aliphatic heterocycles. The standard InChI is InChI=1S/C20H21N3O4S/c1-4-26-15-9-7-14(8-10-15)18-13(2)28-20(22-18)21-17(24)12-23(3)19(25)16-6-5-11-27-16/h5-11H,4,12H2,1-3H3,(H,21,22,24). The van der Waals surface area contributed by atoms with Crippen molar-refractivity contribution in [2.45, 2.75) is 13.8 Å². The van der Waals surface area contributed by atoms with Crippen molar-refractivity contribution in [1.29, 1.82) is 0 Å². The molecular weight excluding hydrogens is 378 g/mol. The van der Waals surface area contributed by atoms with Gasteiger partial charge in [0.2, 0.25) is 5.91 Å². The molecule has 3 aromatic rings. The first-order valence-electron chi connectivity index (χ1n) is 8.77. The molecule has 2 heterocycles. The van der Waals surface area contributed by atoms with Gasteiger partial charge in [0.25, 0.3) is 5.91 Å². The molecule has 0 spiro atoms. The van der Waals surface area contributed by atoms with Crippen molar-refractivity contribution in [3.63, 3.8) is 0 Å². The number of amides is 2. The number of furan rings is 1. The number of thiazole rings is 1. The number of anilines is 1. The van der Waals surface area contributed by atoms with E-state index in [-0.39, 0.29) is 24.1 Å². The van der Waals surface area contributed by atoms with E-state index in [1.165, 1.54) is 22.5 Å². The third kappa shape index (κ3) is 4.58. The number of nitrogens with one attached hydrogen (secondary N) is 1. The molecule has 146 valence electrons. The second-order valence-electron chi connectivity index (χ2n) is 6.07. The average molecular weight is 399 g/mol. The highest BCUT2D eigenvalue weighted by molar-refractivity contribution is 7.16. The highest BCUT2D eigenvalue weighted by atomic mass is 32.1. The summed E-state index contributed by atoms with van der Waals surface area (Å²) >= 11 is 1.39. The number of hydrogen-bond donors (Lipinski definition) is 1. The van der Waals surface area contributed by atoms with Gasteiger partial charge in [-0.15, -0.1) is 11.3 Å². The van der Waals surface area contributed by atoms with Crippen LogP contribution in [0.15, 0.2) is 47.1 Å². The predicted octanol–water partition coefficient (Wildman–Crippen LogP) is 3.82. The Labute approximate surface area is 167 Å². The van der Waals surface area contributed by atoms with Gasteiger partial charge in [0.1, 0.15) is 12.3 Å². The van der Waals surface area contributed by atoms with Gasteiger partial charge in [-0.2, -0.15) is 0 Å². The lowest BCUT2D eigenvalue weighted by atomic mass is 10.1. The molecule has 0 unspecified atom stereocenters. The second-order valence-corrected chi connectivity index (χ2v) is 7.27. The third-order valence-electron chi connectivity index (χ3n) is 3.94. The summed E-state index contributed by atoms with van der Waals surface area (Å²) in [5.74, 6) is 0.315. The number of carbonyl (C=O) groups excluding carboxylic acids is 2. The monoisotopic (exact) mass is 399 g/mol. The molecule has 8 heteroatoms. The molecular formula is C20H21N3O4S. The van der Waals surface area contributed by atoms with Gasteiger partial charge in [-0.25, -0.2) is 4.98 Å². The van der Waals surface area contributed by atoms with Gasteiger partial charge in [0.15, 0.2) is 10.9 Å². The summed E-state index contributed by atoms with van der Waals surface area (Å²) < 4.78 is 10.5. The summed E-state index contributed by atoms with van der Waals surface area (Å²) in [5.41, 5.74) is 1.76. The van der Waals surface area contributed by atoms with Gasteiger partial charge in [-0.05, 0) is 50.2 Å². The van der Waals surface area contributed by atoms with Crippen LogP contribution in [-0.4, -0.2) is 41.9 Å². The molecule has 0 saturated carbocycles. The molecule has 0 aliphatic carbocycles. The number of carbonyl (C=O) groups is 2. The van der Waals surface area contributed by atoms with Crippen LogP contribution < -0.4 is 10.1 Å². The molecule has 7 nitrogen and oxygen atoms in total. The number of nitrogens with zero attached hydrogens (tertiary/aromatic N) is 2. The van der Waals surface area contributed by atoms with Gasteiger partial charge in [0.05, 0.1) is 18.6 Å². The van der Waals surface area contributed by atoms with E-state index in [2.05, 4.69) is 10.3 Å². The van der Waals surface area contributed by atoms with E-state index in [4.69, 9.17) is 9.15 Å². The molecule has 2 aromatic heterocycles. The summed E-state index contributed by atoms with van der Waals surface area (Å²) in [6.07, 6.45) is 1.42. The van der Waals surface area contributed by atoms with Crippen LogP contribution in [-0.2, 0) is 4.79 Å².